The van der Waals surface area contributed by atoms with Gasteiger partial charge < -0.3 is 9.47 Å². The Bertz CT molecular complexity index is 520. The molecule has 0 heterocycles. The average molecular weight is 436 g/mol. The van der Waals surface area contributed by atoms with Crippen LogP contribution < -0.4 is 4.74 Å². The summed E-state index contributed by atoms with van der Waals surface area (Å²) < 4.78 is 12.4. The second-order valence-electron chi connectivity index (χ2n) is 4.96. The maximum Gasteiger partial charge on any atom is 0.316 e. The first-order valence-corrected chi connectivity index (χ1v) is 8.71. The molecular formula is C16H20Br2O4. The highest BCUT2D eigenvalue weighted by Gasteiger charge is 2.24. The number of carbonyl (C=O) groups is 2. The summed E-state index contributed by atoms with van der Waals surface area (Å²) in [6.07, 6.45) is 1.02. The molecule has 0 aliphatic carbocycles. The van der Waals surface area contributed by atoms with Crippen molar-refractivity contribution in [3.63, 3.8) is 0 Å². The van der Waals surface area contributed by atoms with Crippen LogP contribution in [0.3, 0.4) is 0 Å². The smallest absolute Gasteiger partial charge is 0.316 e. The van der Waals surface area contributed by atoms with Gasteiger partial charge in [-0.3, -0.25) is 9.59 Å². The van der Waals surface area contributed by atoms with Gasteiger partial charge in [-0.25, -0.2) is 0 Å². The molecule has 0 radical (unpaired) electrons. The Balaban J connectivity index is 2.54. The van der Waals surface area contributed by atoms with E-state index in [9.17, 15) is 9.59 Å². The highest BCUT2D eigenvalue weighted by atomic mass is 79.9. The Labute approximate surface area is 147 Å². The third-order valence-electron chi connectivity index (χ3n) is 3.09. The lowest BCUT2D eigenvalue weighted by molar-refractivity contribution is -0.151. The minimum Gasteiger partial charge on any atom is -0.491 e. The molecule has 0 spiro atoms. The lowest BCUT2D eigenvalue weighted by atomic mass is 10.00. The van der Waals surface area contributed by atoms with E-state index < -0.39 is 11.9 Å². The zero-order chi connectivity index (χ0) is 16.7. The molecule has 0 aliphatic heterocycles. The standard InChI is InChI=1S/C16H20Br2O4/c1-4-21-16(20)12(11(3)19)6-5-7-22-15-13(17)8-10(2)9-14(15)18/h8-9,12H,4-7H2,1-3H3. The second-order valence-corrected chi connectivity index (χ2v) is 6.67. The topological polar surface area (TPSA) is 52.6 Å². The van der Waals surface area contributed by atoms with Crippen LogP contribution in [0.1, 0.15) is 32.3 Å². The largest absolute Gasteiger partial charge is 0.491 e. The maximum absolute atomic E-state index is 11.7. The van der Waals surface area contributed by atoms with Crippen LogP contribution in [-0.4, -0.2) is 25.0 Å². The lowest BCUT2D eigenvalue weighted by Crippen LogP contribution is -2.24. The van der Waals surface area contributed by atoms with E-state index >= 15 is 0 Å². The molecule has 22 heavy (non-hydrogen) atoms. The van der Waals surface area contributed by atoms with E-state index in [2.05, 4.69) is 31.9 Å². The summed E-state index contributed by atoms with van der Waals surface area (Å²) in [6.45, 7) is 5.84. The summed E-state index contributed by atoms with van der Waals surface area (Å²) in [7, 11) is 0. The molecule has 0 saturated heterocycles. The highest BCUT2D eigenvalue weighted by molar-refractivity contribution is 9.11. The monoisotopic (exact) mass is 434 g/mol. The number of aryl methyl sites for hydroxylation is 1. The third-order valence-corrected chi connectivity index (χ3v) is 4.27. The first kappa shape index (κ1) is 19.2. The van der Waals surface area contributed by atoms with Gasteiger partial charge in [0.25, 0.3) is 0 Å². The Morgan fingerprint density at radius 2 is 1.82 bits per heavy atom. The molecule has 1 unspecified atom stereocenters. The molecule has 0 aliphatic rings. The molecule has 0 N–H and O–H groups in total. The number of Topliss-reactive ketones (excluding diaryl/α,β-unsaturated/α-hetero) is 1. The first-order valence-electron chi connectivity index (χ1n) is 7.12. The fourth-order valence-electron chi connectivity index (χ4n) is 2.02. The molecule has 1 rings (SSSR count). The highest BCUT2D eigenvalue weighted by Crippen LogP contribution is 2.34. The van der Waals surface area contributed by atoms with Crippen molar-refractivity contribution in [1.82, 2.24) is 0 Å². The molecule has 6 heteroatoms. The van der Waals surface area contributed by atoms with Crippen molar-refractivity contribution >= 4 is 43.6 Å². The summed E-state index contributed by atoms with van der Waals surface area (Å²) in [4.78, 5) is 23.2. The normalized spacial score (nSPS) is 11.9. The van der Waals surface area contributed by atoms with Gasteiger partial charge in [-0.15, -0.1) is 0 Å². The number of halogens is 2. The number of hydrogen-bond donors (Lipinski definition) is 0. The van der Waals surface area contributed by atoms with Crippen LogP contribution in [0.5, 0.6) is 5.75 Å². The fourth-order valence-corrected chi connectivity index (χ4v) is 3.66. The van der Waals surface area contributed by atoms with Gasteiger partial charge >= 0.3 is 5.97 Å². The first-order chi connectivity index (χ1) is 10.4. The van der Waals surface area contributed by atoms with Gasteiger partial charge in [0.15, 0.2) is 0 Å². The van der Waals surface area contributed by atoms with E-state index in [4.69, 9.17) is 9.47 Å². The van der Waals surface area contributed by atoms with E-state index in [1.807, 2.05) is 19.1 Å². The van der Waals surface area contributed by atoms with Gasteiger partial charge in [-0.05, 0) is 83.2 Å². The molecular weight excluding hydrogens is 416 g/mol. The van der Waals surface area contributed by atoms with E-state index in [0.29, 0.717) is 19.4 Å². The molecule has 1 aromatic carbocycles. The predicted molar refractivity (Wildman–Crippen MR) is 92.1 cm³/mol. The SMILES string of the molecule is CCOC(=O)C(CCCOc1c(Br)cc(C)cc1Br)C(C)=O. The molecule has 0 amide bonds. The summed E-state index contributed by atoms with van der Waals surface area (Å²) in [5.41, 5.74) is 1.12. The van der Waals surface area contributed by atoms with Crippen LogP contribution in [0.25, 0.3) is 0 Å². The van der Waals surface area contributed by atoms with Gasteiger partial charge in [0.05, 0.1) is 22.2 Å². The Morgan fingerprint density at radius 1 is 1.23 bits per heavy atom. The van der Waals surface area contributed by atoms with Gasteiger partial charge in [-0.1, -0.05) is 0 Å². The van der Waals surface area contributed by atoms with E-state index in [-0.39, 0.29) is 12.4 Å². The quantitative estimate of drug-likeness (QED) is 0.344. The van der Waals surface area contributed by atoms with Gasteiger partial charge in [0.2, 0.25) is 0 Å². The Morgan fingerprint density at radius 3 is 2.32 bits per heavy atom. The van der Waals surface area contributed by atoms with Crippen molar-refractivity contribution in [1.29, 1.82) is 0 Å². The van der Waals surface area contributed by atoms with Crippen molar-refractivity contribution in [3.8, 4) is 5.75 Å². The molecule has 0 saturated carbocycles. The van der Waals surface area contributed by atoms with Crippen molar-refractivity contribution in [2.24, 2.45) is 5.92 Å². The van der Waals surface area contributed by atoms with Crippen LogP contribution in [0.2, 0.25) is 0 Å². The molecule has 0 bridgehead atoms. The molecule has 4 nitrogen and oxygen atoms in total. The minimum atomic E-state index is -0.701. The number of esters is 1. The van der Waals surface area contributed by atoms with E-state index in [1.165, 1.54) is 6.92 Å². The van der Waals surface area contributed by atoms with Crippen molar-refractivity contribution in [2.45, 2.75) is 33.6 Å². The molecule has 1 atom stereocenters. The molecule has 1 aromatic rings. The van der Waals surface area contributed by atoms with E-state index in [1.54, 1.807) is 6.92 Å². The molecule has 122 valence electrons. The summed E-state index contributed by atoms with van der Waals surface area (Å²) in [6, 6.07) is 3.94. The van der Waals surface area contributed by atoms with Crippen LogP contribution in [0.4, 0.5) is 0 Å². The van der Waals surface area contributed by atoms with Gasteiger partial charge in [0.1, 0.15) is 17.5 Å². The van der Waals surface area contributed by atoms with Crippen molar-refractivity contribution in [3.05, 3.63) is 26.6 Å². The average Bonchev–Trinajstić information content (AvgIpc) is 2.40. The number of rotatable bonds is 8. The Hall–Kier alpha value is -0.880. The molecule has 0 fully saturated rings. The van der Waals surface area contributed by atoms with Crippen LogP contribution >= 0.6 is 31.9 Å². The predicted octanol–water partition coefficient (Wildman–Crippen LogP) is 4.45. The zero-order valence-corrected chi connectivity index (χ0v) is 16.1. The van der Waals surface area contributed by atoms with E-state index in [0.717, 1.165) is 20.3 Å². The number of benzene rings is 1. The molecule has 0 aromatic heterocycles. The lowest BCUT2D eigenvalue weighted by Gasteiger charge is -2.14. The number of hydrogen-bond acceptors (Lipinski definition) is 4. The second kappa shape index (κ2) is 9.30. The Kier molecular flexibility index (Phi) is 8.10. The van der Waals surface area contributed by atoms with Crippen molar-refractivity contribution < 1.29 is 19.1 Å². The number of ether oxygens (including phenoxy) is 2. The third kappa shape index (κ3) is 5.72. The number of carbonyl (C=O) groups excluding carboxylic acids is 2. The van der Waals surface area contributed by atoms with Crippen LogP contribution in [0, 0.1) is 12.8 Å². The van der Waals surface area contributed by atoms with Gasteiger partial charge in [0, 0.05) is 0 Å². The number of ketones is 1. The minimum absolute atomic E-state index is 0.170. The van der Waals surface area contributed by atoms with Crippen LogP contribution in [0.15, 0.2) is 21.1 Å². The summed E-state index contributed by atoms with van der Waals surface area (Å²) >= 11 is 6.93. The summed E-state index contributed by atoms with van der Waals surface area (Å²) in [5, 5.41) is 0. The summed E-state index contributed by atoms with van der Waals surface area (Å²) in [5.74, 6) is -0.599. The van der Waals surface area contributed by atoms with Gasteiger partial charge in [-0.2, -0.15) is 0 Å². The zero-order valence-electron chi connectivity index (χ0n) is 12.9. The van der Waals surface area contributed by atoms with Crippen LogP contribution in [-0.2, 0) is 14.3 Å². The van der Waals surface area contributed by atoms with Crippen molar-refractivity contribution in [2.75, 3.05) is 13.2 Å². The fraction of sp³-hybridized carbons (Fsp3) is 0.500. The maximum atomic E-state index is 11.7.